The summed E-state index contributed by atoms with van der Waals surface area (Å²) in [5, 5.41) is 0. The number of aromatic nitrogens is 5. The van der Waals surface area contributed by atoms with Crippen molar-refractivity contribution in [1.29, 1.82) is 0 Å². The number of H-pyrrole nitrogens is 1. The van der Waals surface area contributed by atoms with Crippen LogP contribution in [-0.2, 0) is 22.1 Å². The van der Waals surface area contributed by atoms with E-state index in [0.29, 0.717) is 35.1 Å². The van der Waals surface area contributed by atoms with E-state index in [1.165, 1.54) is 12.1 Å². The summed E-state index contributed by atoms with van der Waals surface area (Å²) >= 11 is 0. The van der Waals surface area contributed by atoms with Crippen LogP contribution < -0.4 is 0 Å². The fourth-order valence-corrected chi connectivity index (χ4v) is 3.40. The highest BCUT2D eigenvalue weighted by Crippen LogP contribution is 2.34. The average molecular weight is 506 g/mol. The van der Waals surface area contributed by atoms with Crippen molar-refractivity contribution < 1.29 is 21.8 Å². The second-order valence-electron chi connectivity index (χ2n) is 9.75. The van der Waals surface area contributed by atoms with Gasteiger partial charge in [0.15, 0.2) is 5.65 Å². The van der Waals surface area contributed by atoms with E-state index in [1.807, 2.05) is 37.5 Å². The van der Waals surface area contributed by atoms with Gasteiger partial charge in [-0.15, -0.1) is 0 Å². The Morgan fingerprint density at radius 2 is 1.77 bits per heavy atom. The van der Waals surface area contributed by atoms with Gasteiger partial charge in [0.2, 0.25) is 0 Å². The number of halogens is 2. The lowest BCUT2D eigenvalue weighted by atomic mass is 9.96. The molecule has 8 nitrogen and oxygen atoms in total. The fourth-order valence-electron chi connectivity index (χ4n) is 3.40. The molecule has 11 heteroatoms. The van der Waals surface area contributed by atoms with Crippen LogP contribution in [0.25, 0.3) is 33.8 Å². The molecule has 0 radical (unpaired) electrons. The van der Waals surface area contributed by atoms with Crippen LogP contribution in [0.5, 0.6) is 0 Å². The molecular formula is C24H29F2N5O3S. The molecule has 2 N–H and O–H groups in total. The third kappa shape index (κ3) is 6.70. The van der Waals surface area contributed by atoms with Gasteiger partial charge in [0, 0.05) is 23.6 Å². The Hall–Kier alpha value is -3.18. The Kier molecular flexibility index (Phi) is 7.42. The van der Waals surface area contributed by atoms with Crippen LogP contribution in [0, 0.1) is 17.6 Å². The van der Waals surface area contributed by atoms with E-state index in [1.54, 1.807) is 6.33 Å². The van der Waals surface area contributed by atoms with E-state index in [0.717, 1.165) is 23.8 Å². The third-order valence-electron chi connectivity index (χ3n) is 4.88. The first-order chi connectivity index (χ1) is 16.1. The summed E-state index contributed by atoms with van der Waals surface area (Å²) in [6.07, 6.45) is 2.50. The van der Waals surface area contributed by atoms with Gasteiger partial charge < -0.3 is 9.55 Å². The number of benzene rings is 1. The zero-order valence-corrected chi connectivity index (χ0v) is 21.3. The number of nitrogens with zero attached hydrogens (tertiary/aromatic N) is 4. The first kappa shape index (κ1) is 26.4. The normalized spacial score (nSPS) is 12.2. The number of rotatable bonds is 4. The van der Waals surface area contributed by atoms with Crippen LogP contribution in [0.3, 0.4) is 0 Å². The summed E-state index contributed by atoms with van der Waals surface area (Å²) in [5.41, 5.74) is 3.16. The molecule has 3 heterocycles. The molecule has 0 saturated heterocycles. The smallest absolute Gasteiger partial charge is 0.261 e. The maximum absolute atomic E-state index is 14.6. The zero-order chi connectivity index (χ0) is 26.1. The van der Waals surface area contributed by atoms with E-state index < -0.39 is 21.8 Å². The Bertz CT molecular complexity index is 1450. The Morgan fingerprint density at radius 1 is 1.11 bits per heavy atom. The van der Waals surface area contributed by atoms with Crippen LogP contribution in [0.15, 0.2) is 36.7 Å². The summed E-state index contributed by atoms with van der Waals surface area (Å²) < 4.78 is 56.0. The molecule has 0 aliphatic heterocycles. The Labute approximate surface area is 203 Å². The Balaban J connectivity index is 0.000000623. The molecule has 0 aliphatic rings. The van der Waals surface area contributed by atoms with Gasteiger partial charge in [0.05, 0.1) is 24.0 Å². The van der Waals surface area contributed by atoms with E-state index in [4.69, 9.17) is 9.54 Å². The van der Waals surface area contributed by atoms with Crippen molar-refractivity contribution in [2.45, 2.75) is 46.6 Å². The lowest BCUT2D eigenvalue weighted by molar-refractivity contribution is 0.490. The van der Waals surface area contributed by atoms with Gasteiger partial charge in [-0.1, -0.05) is 34.6 Å². The summed E-state index contributed by atoms with van der Waals surface area (Å²) in [7, 11) is -3.67. The zero-order valence-electron chi connectivity index (χ0n) is 20.5. The molecular weight excluding hydrogens is 476 g/mol. The number of fused-ring (bicyclic) bond motifs is 1. The summed E-state index contributed by atoms with van der Waals surface area (Å²) in [6.45, 7) is 11.1. The highest BCUT2D eigenvalue weighted by atomic mass is 32.2. The van der Waals surface area contributed by atoms with Gasteiger partial charge in [0.25, 0.3) is 10.1 Å². The van der Waals surface area contributed by atoms with Crippen LogP contribution in [0.2, 0.25) is 0 Å². The van der Waals surface area contributed by atoms with Gasteiger partial charge in [-0.2, -0.15) is 8.42 Å². The summed E-state index contributed by atoms with van der Waals surface area (Å²) in [4.78, 5) is 17.3. The van der Waals surface area contributed by atoms with Crippen molar-refractivity contribution in [3.05, 3.63) is 54.1 Å². The van der Waals surface area contributed by atoms with E-state index in [-0.39, 0.29) is 11.0 Å². The summed E-state index contributed by atoms with van der Waals surface area (Å²) in [6, 6.07) is 7.27. The second kappa shape index (κ2) is 9.82. The molecule has 0 spiro atoms. The topological polar surface area (TPSA) is 114 Å². The molecule has 188 valence electrons. The van der Waals surface area contributed by atoms with Crippen LogP contribution in [-0.4, -0.2) is 43.7 Å². The predicted molar refractivity (Wildman–Crippen MR) is 131 cm³/mol. The molecule has 0 unspecified atom stereocenters. The number of aromatic amines is 1. The van der Waals surface area contributed by atoms with Gasteiger partial charge in [-0.3, -0.25) is 4.55 Å². The highest BCUT2D eigenvalue weighted by molar-refractivity contribution is 7.85. The maximum Gasteiger partial charge on any atom is 0.261 e. The average Bonchev–Trinajstić information content (AvgIpc) is 3.31. The standard InChI is InChI=1S/C23H25F2N5.CH4O3S/c1-13(2)11-30-12-26-18-9-8-17(27-21(18)30)20-19(28-22(29-20)23(3,4)5)15-7-6-14(24)10-16(15)25;1-5(2,3)4/h6-10,12-13H,11H2,1-5H3,(H,28,29);1H3,(H,2,3,4). The van der Waals surface area contributed by atoms with Crippen LogP contribution >= 0.6 is 0 Å². The lowest BCUT2D eigenvalue weighted by Crippen LogP contribution is -2.13. The van der Waals surface area contributed by atoms with Crippen molar-refractivity contribution in [1.82, 2.24) is 24.5 Å². The molecule has 3 aromatic heterocycles. The first-order valence-electron chi connectivity index (χ1n) is 10.9. The van der Waals surface area contributed by atoms with Gasteiger partial charge in [0.1, 0.15) is 28.7 Å². The highest BCUT2D eigenvalue weighted by Gasteiger charge is 2.25. The molecule has 4 aromatic rings. The molecule has 0 saturated carbocycles. The molecule has 4 rings (SSSR count). The fraction of sp³-hybridized carbons (Fsp3) is 0.375. The van der Waals surface area contributed by atoms with Gasteiger partial charge >= 0.3 is 0 Å². The minimum absolute atomic E-state index is 0.232. The van der Waals surface area contributed by atoms with Crippen LogP contribution in [0.1, 0.15) is 40.4 Å². The number of nitrogens with one attached hydrogen (secondary N) is 1. The molecule has 0 fully saturated rings. The molecule has 0 atom stereocenters. The van der Waals surface area contributed by atoms with Crippen molar-refractivity contribution in [3.8, 4) is 22.6 Å². The van der Waals surface area contributed by atoms with Crippen molar-refractivity contribution >= 4 is 21.3 Å². The first-order valence-corrected chi connectivity index (χ1v) is 12.8. The van der Waals surface area contributed by atoms with Crippen LogP contribution in [0.4, 0.5) is 8.78 Å². The van der Waals surface area contributed by atoms with E-state index in [9.17, 15) is 17.2 Å². The molecule has 0 amide bonds. The molecule has 0 bridgehead atoms. The summed E-state index contributed by atoms with van der Waals surface area (Å²) in [5.74, 6) is -0.138. The SMILES string of the molecule is CC(C)Cn1cnc2ccc(-c3[nH]c(C(C)(C)C)nc3-c3ccc(F)cc3F)nc21.CS(=O)(=O)O. The van der Waals surface area contributed by atoms with E-state index in [2.05, 4.69) is 28.8 Å². The second-order valence-corrected chi connectivity index (χ2v) is 11.2. The van der Waals surface area contributed by atoms with Crippen molar-refractivity contribution in [2.24, 2.45) is 5.92 Å². The predicted octanol–water partition coefficient (Wildman–Crippen LogP) is 5.22. The number of hydrogen-bond donors (Lipinski definition) is 2. The lowest BCUT2D eigenvalue weighted by Gasteiger charge is -2.14. The number of imidazole rings is 2. The monoisotopic (exact) mass is 505 g/mol. The van der Waals surface area contributed by atoms with Gasteiger partial charge in [-0.05, 0) is 30.2 Å². The third-order valence-corrected chi connectivity index (χ3v) is 4.88. The quantitative estimate of drug-likeness (QED) is 0.368. The van der Waals surface area contributed by atoms with Crippen molar-refractivity contribution in [2.75, 3.05) is 6.26 Å². The molecule has 35 heavy (non-hydrogen) atoms. The number of hydrogen-bond acceptors (Lipinski definition) is 5. The minimum Gasteiger partial charge on any atom is -0.340 e. The maximum atomic E-state index is 14.6. The Morgan fingerprint density at radius 3 is 2.34 bits per heavy atom. The molecule has 1 aromatic carbocycles. The minimum atomic E-state index is -3.67. The van der Waals surface area contributed by atoms with E-state index >= 15 is 0 Å². The van der Waals surface area contributed by atoms with Crippen molar-refractivity contribution in [3.63, 3.8) is 0 Å². The largest absolute Gasteiger partial charge is 0.340 e. The molecule has 0 aliphatic carbocycles. The number of pyridine rings is 1. The van der Waals surface area contributed by atoms with Gasteiger partial charge in [-0.25, -0.2) is 23.7 Å².